The van der Waals surface area contributed by atoms with E-state index in [1.165, 1.54) is 4.31 Å². The van der Waals surface area contributed by atoms with Gasteiger partial charge in [0.25, 0.3) is 0 Å². The zero-order valence-corrected chi connectivity index (χ0v) is 23.7. The first-order valence-corrected chi connectivity index (χ1v) is 14.8. The van der Waals surface area contributed by atoms with Crippen LogP contribution in [0.1, 0.15) is 19.8 Å². The summed E-state index contributed by atoms with van der Waals surface area (Å²) in [5.41, 5.74) is 1.25. The predicted molar refractivity (Wildman–Crippen MR) is 148 cm³/mol. The molecular weight excluding hydrogens is 520 g/mol. The Morgan fingerprint density at radius 2 is 1.82 bits per heavy atom. The number of pyridine rings is 1. The highest BCUT2D eigenvalue weighted by molar-refractivity contribution is 7.89. The number of amides is 1. The Kier molecular flexibility index (Phi) is 6.48. The molecule has 5 heterocycles. The van der Waals surface area contributed by atoms with Crippen molar-refractivity contribution < 1.29 is 22.7 Å². The van der Waals surface area contributed by atoms with Crippen LogP contribution < -0.4 is 19.9 Å². The van der Waals surface area contributed by atoms with Gasteiger partial charge in [0.15, 0.2) is 5.82 Å². The highest BCUT2D eigenvalue weighted by Crippen LogP contribution is 2.42. The molecule has 6 rings (SSSR count). The van der Waals surface area contributed by atoms with Gasteiger partial charge in [-0.05, 0) is 70.2 Å². The second kappa shape index (κ2) is 9.61. The van der Waals surface area contributed by atoms with Gasteiger partial charge in [-0.2, -0.15) is 4.31 Å². The monoisotopic (exact) mass is 556 g/mol. The molecule has 1 amide bonds. The van der Waals surface area contributed by atoms with Gasteiger partial charge in [0, 0.05) is 31.6 Å². The zero-order valence-electron chi connectivity index (χ0n) is 22.9. The lowest BCUT2D eigenvalue weighted by atomic mass is 9.80. The van der Waals surface area contributed by atoms with Crippen LogP contribution in [0.15, 0.2) is 35.2 Å². The maximum absolute atomic E-state index is 13.3. The molecule has 2 aromatic rings. The number of nitrogens with zero attached hydrogens (tertiary/aromatic N) is 5. The fourth-order valence-electron chi connectivity index (χ4n) is 6.10. The van der Waals surface area contributed by atoms with Crippen molar-refractivity contribution in [2.24, 2.45) is 5.41 Å². The van der Waals surface area contributed by atoms with E-state index in [-0.39, 0.29) is 28.3 Å². The predicted octanol–water partition coefficient (Wildman–Crippen LogP) is 2.12. The number of rotatable bonds is 6. The van der Waals surface area contributed by atoms with E-state index < -0.39 is 10.0 Å². The lowest BCUT2D eigenvalue weighted by Gasteiger charge is -2.53. The highest BCUT2D eigenvalue weighted by atomic mass is 32.2. The zero-order chi connectivity index (χ0) is 27.5. The Balaban J connectivity index is 1.30. The van der Waals surface area contributed by atoms with Crippen molar-refractivity contribution in [2.75, 3.05) is 75.7 Å². The lowest BCUT2D eigenvalue weighted by molar-refractivity contribution is -0.166. The molecule has 0 radical (unpaired) electrons. The van der Waals surface area contributed by atoms with E-state index in [9.17, 15) is 13.2 Å². The van der Waals surface area contributed by atoms with Gasteiger partial charge in [0.1, 0.15) is 17.6 Å². The van der Waals surface area contributed by atoms with Crippen molar-refractivity contribution in [3.63, 3.8) is 0 Å². The second-order valence-electron chi connectivity index (χ2n) is 11.3. The van der Waals surface area contributed by atoms with Gasteiger partial charge in [-0.3, -0.25) is 4.79 Å². The van der Waals surface area contributed by atoms with Crippen molar-refractivity contribution in [1.82, 2.24) is 14.2 Å². The van der Waals surface area contributed by atoms with Crippen molar-refractivity contribution >= 4 is 38.9 Å². The number of likely N-dealkylation sites (tertiary alicyclic amines) is 1. The lowest BCUT2D eigenvalue weighted by Crippen LogP contribution is -2.66. The molecule has 1 atom stereocenters. The first-order chi connectivity index (χ1) is 18.6. The average Bonchev–Trinajstić information content (AvgIpc) is 2.86. The van der Waals surface area contributed by atoms with Gasteiger partial charge in [0.05, 0.1) is 36.6 Å². The van der Waals surface area contributed by atoms with E-state index in [2.05, 4.69) is 22.2 Å². The molecule has 39 heavy (non-hydrogen) atoms. The molecule has 12 heteroatoms. The van der Waals surface area contributed by atoms with Crippen LogP contribution in [0.4, 0.5) is 23.0 Å². The summed E-state index contributed by atoms with van der Waals surface area (Å²) in [5, 5.41) is 3.29. The number of methoxy groups -OCH3 is 1. The first kappa shape index (κ1) is 26.3. The molecule has 0 bridgehead atoms. The Labute approximate surface area is 229 Å². The SMILES string of the molecule is COc1ccc(S(=O)(=O)N2CC3(COC3)C2)cc1Nc1ccc2c(n1)N(C1CCN(C)CC1)[C@H](C)C(=O)N2C. The summed E-state index contributed by atoms with van der Waals surface area (Å²) < 4.78 is 39.0. The summed E-state index contributed by atoms with van der Waals surface area (Å²) in [6, 6.07) is 8.42. The summed E-state index contributed by atoms with van der Waals surface area (Å²) >= 11 is 0. The third-order valence-electron chi connectivity index (χ3n) is 8.56. The van der Waals surface area contributed by atoms with Crippen LogP contribution >= 0.6 is 0 Å². The molecule has 0 aliphatic carbocycles. The molecule has 4 aliphatic rings. The minimum Gasteiger partial charge on any atom is -0.495 e. The smallest absolute Gasteiger partial charge is 0.249 e. The van der Waals surface area contributed by atoms with E-state index in [1.54, 1.807) is 37.3 Å². The van der Waals surface area contributed by atoms with E-state index in [4.69, 9.17) is 14.5 Å². The molecule has 3 saturated heterocycles. The van der Waals surface area contributed by atoms with Crippen LogP contribution in [-0.2, 0) is 19.6 Å². The summed E-state index contributed by atoms with van der Waals surface area (Å²) in [5.74, 6) is 1.85. The largest absolute Gasteiger partial charge is 0.495 e. The molecule has 1 N–H and O–H groups in total. The molecule has 210 valence electrons. The van der Waals surface area contributed by atoms with E-state index in [1.807, 2.05) is 19.1 Å². The number of fused-ring (bicyclic) bond motifs is 1. The number of likely N-dealkylation sites (N-methyl/N-ethyl adjacent to an activating group) is 1. The fraction of sp³-hybridized carbons (Fsp3) is 0.556. The Bertz CT molecular complexity index is 1380. The van der Waals surface area contributed by atoms with Crippen molar-refractivity contribution in [1.29, 1.82) is 0 Å². The number of benzene rings is 1. The molecular formula is C27H36N6O5S. The fourth-order valence-corrected chi connectivity index (χ4v) is 7.80. The third kappa shape index (κ3) is 4.43. The molecule has 1 spiro atoms. The minimum atomic E-state index is -3.65. The van der Waals surface area contributed by atoms with Gasteiger partial charge < -0.3 is 29.5 Å². The third-order valence-corrected chi connectivity index (χ3v) is 10.3. The van der Waals surface area contributed by atoms with Gasteiger partial charge in [-0.1, -0.05) is 0 Å². The molecule has 4 aliphatic heterocycles. The number of carbonyl (C=O) groups is 1. The van der Waals surface area contributed by atoms with Crippen LogP contribution in [0.5, 0.6) is 5.75 Å². The standard InChI is InChI=1S/C27H36N6O5S/c1-18-26(34)31(3)22-6-8-24(29-25(22)33(18)19-9-11-30(2)12-10-19)28-21-13-20(5-7-23(21)37-4)39(35,36)32-14-27(15-32)16-38-17-27/h5-8,13,18-19H,9-12,14-17H2,1-4H3,(H,28,29)/t18-/m1/s1. The van der Waals surface area contributed by atoms with Crippen molar-refractivity contribution in [3.05, 3.63) is 30.3 Å². The second-order valence-corrected chi connectivity index (χ2v) is 13.2. The normalized spacial score (nSPS) is 23.8. The molecule has 0 saturated carbocycles. The van der Waals surface area contributed by atoms with E-state index in [0.29, 0.717) is 43.6 Å². The molecule has 0 unspecified atom stereocenters. The summed E-state index contributed by atoms with van der Waals surface area (Å²) in [6.45, 7) is 6.07. The number of aromatic nitrogens is 1. The number of hydrogen-bond acceptors (Lipinski definition) is 9. The van der Waals surface area contributed by atoms with Gasteiger partial charge in [-0.15, -0.1) is 0 Å². The van der Waals surface area contributed by atoms with Gasteiger partial charge in [0.2, 0.25) is 15.9 Å². The van der Waals surface area contributed by atoms with Crippen LogP contribution in [0.2, 0.25) is 0 Å². The number of sulfonamides is 1. The number of carbonyl (C=O) groups excluding carboxylic acids is 1. The number of anilines is 4. The summed E-state index contributed by atoms with van der Waals surface area (Å²) in [7, 11) is 1.80. The van der Waals surface area contributed by atoms with Crippen LogP contribution in [-0.4, -0.2) is 101 Å². The van der Waals surface area contributed by atoms with Crippen molar-refractivity contribution in [2.45, 2.75) is 36.7 Å². The topological polar surface area (TPSA) is 108 Å². The number of ether oxygens (including phenoxy) is 2. The quantitative estimate of drug-likeness (QED) is 0.573. The summed E-state index contributed by atoms with van der Waals surface area (Å²) in [4.78, 5) is 24.4. The molecule has 1 aromatic heterocycles. The Hall–Kier alpha value is -2.93. The van der Waals surface area contributed by atoms with Crippen LogP contribution in [0.25, 0.3) is 0 Å². The first-order valence-electron chi connectivity index (χ1n) is 13.4. The number of nitrogens with one attached hydrogen (secondary N) is 1. The molecule has 3 fully saturated rings. The van der Waals surface area contributed by atoms with Crippen molar-refractivity contribution in [3.8, 4) is 5.75 Å². The molecule has 11 nitrogen and oxygen atoms in total. The van der Waals surface area contributed by atoms with Gasteiger partial charge in [-0.25, -0.2) is 13.4 Å². The summed E-state index contributed by atoms with van der Waals surface area (Å²) in [6.07, 6.45) is 1.91. The average molecular weight is 557 g/mol. The number of hydrogen-bond donors (Lipinski definition) is 1. The minimum absolute atomic E-state index is 0.0149. The van der Waals surface area contributed by atoms with E-state index >= 15 is 0 Å². The van der Waals surface area contributed by atoms with Gasteiger partial charge >= 0.3 is 0 Å². The maximum atomic E-state index is 13.3. The van der Waals surface area contributed by atoms with Crippen LogP contribution in [0.3, 0.4) is 0 Å². The maximum Gasteiger partial charge on any atom is 0.249 e. The highest BCUT2D eigenvalue weighted by Gasteiger charge is 2.53. The Morgan fingerprint density at radius 1 is 1.10 bits per heavy atom. The molecule has 1 aromatic carbocycles. The Morgan fingerprint density at radius 3 is 2.46 bits per heavy atom. The number of piperidine rings is 1. The van der Waals surface area contributed by atoms with Crippen LogP contribution in [0, 0.1) is 5.41 Å². The van der Waals surface area contributed by atoms with E-state index in [0.717, 1.165) is 37.4 Å².